The Morgan fingerprint density at radius 1 is 1.53 bits per heavy atom. The van der Waals surface area contributed by atoms with E-state index in [0.29, 0.717) is 0 Å². The number of carbonyl (C=O) groups excluding carboxylic acids is 1. The van der Waals surface area contributed by atoms with Crippen LogP contribution in [0.25, 0.3) is 0 Å². The van der Waals surface area contributed by atoms with Gasteiger partial charge in [-0.15, -0.1) is 0 Å². The fourth-order valence-corrected chi connectivity index (χ4v) is 1.16. The van der Waals surface area contributed by atoms with Gasteiger partial charge in [0.05, 0.1) is 11.6 Å². The molecule has 1 aromatic heterocycles. The van der Waals surface area contributed by atoms with Gasteiger partial charge in [-0.3, -0.25) is 4.79 Å². The number of hydrogen-bond donors (Lipinski definition) is 1. The molecule has 17 heavy (non-hydrogen) atoms. The highest BCUT2D eigenvalue weighted by molar-refractivity contribution is 5.94. The second-order valence-corrected chi connectivity index (χ2v) is 3.79. The van der Waals surface area contributed by atoms with Gasteiger partial charge in [0.1, 0.15) is 6.04 Å². The quantitative estimate of drug-likeness (QED) is 0.815. The molecular formula is C11H11F2N3O. The normalized spacial score (nSPS) is 12.0. The molecule has 0 saturated carbocycles. The molecule has 0 bridgehead atoms. The zero-order valence-electron chi connectivity index (χ0n) is 9.37. The van der Waals surface area contributed by atoms with Crippen molar-refractivity contribution in [1.82, 2.24) is 10.3 Å². The van der Waals surface area contributed by atoms with Gasteiger partial charge in [-0.1, -0.05) is 13.8 Å². The van der Waals surface area contributed by atoms with Crippen molar-refractivity contribution in [2.24, 2.45) is 5.92 Å². The zero-order valence-corrected chi connectivity index (χ0v) is 9.37. The van der Waals surface area contributed by atoms with Crippen molar-refractivity contribution < 1.29 is 13.6 Å². The van der Waals surface area contributed by atoms with Crippen LogP contribution in [0, 0.1) is 29.0 Å². The third-order valence-electron chi connectivity index (χ3n) is 2.18. The summed E-state index contributed by atoms with van der Waals surface area (Å²) < 4.78 is 26.0. The summed E-state index contributed by atoms with van der Waals surface area (Å²) in [6.45, 7) is 3.47. The number of aromatic nitrogens is 1. The summed E-state index contributed by atoms with van der Waals surface area (Å²) in [4.78, 5) is 14.7. The van der Waals surface area contributed by atoms with Crippen LogP contribution < -0.4 is 5.32 Å². The average Bonchev–Trinajstić information content (AvgIpc) is 2.28. The highest BCUT2D eigenvalue weighted by Gasteiger charge is 2.20. The summed E-state index contributed by atoms with van der Waals surface area (Å²) in [7, 11) is 0. The lowest BCUT2D eigenvalue weighted by molar-refractivity contribution is 0.0932. The van der Waals surface area contributed by atoms with E-state index in [1.54, 1.807) is 13.8 Å². The van der Waals surface area contributed by atoms with Crippen molar-refractivity contribution in [1.29, 1.82) is 5.26 Å². The largest absolute Gasteiger partial charge is 0.336 e. The fraction of sp³-hybridized carbons (Fsp3) is 0.364. The summed E-state index contributed by atoms with van der Waals surface area (Å²) in [5, 5.41) is 11.1. The van der Waals surface area contributed by atoms with Crippen molar-refractivity contribution >= 4 is 5.91 Å². The van der Waals surface area contributed by atoms with E-state index < -0.39 is 29.3 Å². The van der Waals surface area contributed by atoms with Crippen molar-refractivity contribution in [3.8, 4) is 6.07 Å². The molecule has 4 nitrogen and oxygen atoms in total. The molecule has 0 aliphatic heterocycles. The molecule has 1 atom stereocenters. The van der Waals surface area contributed by atoms with Crippen molar-refractivity contribution in [2.45, 2.75) is 19.9 Å². The van der Waals surface area contributed by atoms with Gasteiger partial charge in [-0.25, -0.2) is 9.37 Å². The third kappa shape index (κ3) is 2.97. The van der Waals surface area contributed by atoms with E-state index in [2.05, 4.69) is 10.3 Å². The molecule has 0 aliphatic rings. The van der Waals surface area contributed by atoms with Crippen LogP contribution in [-0.2, 0) is 0 Å². The number of rotatable bonds is 3. The summed E-state index contributed by atoms with van der Waals surface area (Å²) in [5.74, 6) is -3.61. The second kappa shape index (κ2) is 5.34. The smallest absolute Gasteiger partial charge is 0.255 e. The van der Waals surface area contributed by atoms with Crippen molar-refractivity contribution in [3.63, 3.8) is 0 Å². The highest BCUT2D eigenvalue weighted by Crippen LogP contribution is 2.10. The van der Waals surface area contributed by atoms with Gasteiger partial charge in [0, 0.05) is 6.20 Å². The Morgan fingerprint density at radius 2 is 2.18 bits per heavy atom. The molecule has 0 radical (unpaired) electrons. The van der Waals surface area contributed by atoms with Crippen molar-refractivity contribution in [2.75, 3.05) is 0 Å². The minimum absolute atomic E-state index is 0.126. The Bertz CT molecular complexity index is 468. The van der Waals surface area contributed by atoms with Gasteiger partial charge in [-0.05, 0) is 12.0 Å². The first-order valence-corrected chi connectivity index (χ1v) is 4.97. The Morgan fingerprint density at radius 3 is 2.71 bits per heavy atom. The second-order valence-electron chi connectivity index (χ2n) is 3.79. The van der Waals surface area contributed by atoms with Gasteiger partial charge < -0.3 is 5.32 Å². The van der Waals surface area contributed by atoms with E-state index in [1.165, 1.54) is 0 Å². The van der Waals surface area contributed by atoms with Crippen LogP contribution in [0.4, 0.5) is 8.78 Å². The number of nitrogens with zero attached hydrogens (tertiary/aromatic N) is 2. The first-order valence-electron chi connectivity index (χ1n) is 4.97. The monoisotopic (exact) mass is 239 g/mol. The first kappa shape index (κ1) is 13.0. The molecule has 0 aliphatic carbocycles. The number of nitrogens with one attached hydrogen (secondary N) is 1. The number of amides is 1. The molecule has 1 aromatic rings. The van der Waals surface area contributed by atoms with E-state index in [9.17, 15) is 13.6 Å². The third-order valence-corrected chi connectivity index (χ3v) is 2.18. The predicted molar refractivity (Wildman–Crippen MR) is 55.9 cm³/mol. The molecule has 0 saturated heterocycles. The van der Waals surface area contributed by atoms with E-state index in [0.717, 1.165) is 12.3 Å². The van der Waals surface area contributed by atoms with Gasteiger partial charge >= 0.3 is 0 Å². The molecule has 90 valence electrons. The Kier molecular flexibility index (Phi) is 4.10. The number of halogens is 2. The maximum Gasteiger partial charge on any atom is 0.255 e. The van der Waals surface area contributed by atoms with Gasteiger partial charge in [0.25, 0.3) is 5.91 Å². The summed E-state index contributed by atoms with van der Waals surface area (Å²) in [6.07, 6.45) is 0.990. The number of hydrogen-bond acceptors (Lipinski definition) is 3. The Balaban J connectivity index is 2.91. The van der Waals surface area contributed by atoms with Gasteiger partial charge in [0.2, 0.25) is 5.95 Å². The van der Waals surface area contributed by atoms with Crippen LogP contribution in [-0.4, -0.2) is 16.9 Å². The standard InChI is InChI=1S/C11H11F2N3O/c1-6(2)8(5-14)16-11(17)7-3-4-15-10(13)9(7)12/h3-4,6,8H,1-2H3,(H,16,17). The van der Waals surface area contributed by atoms with Crippen LogP contribution in [0.3, 0.4) is 0 Å². The summed E-state index contributed by atoms with van der Waals surface area (Å²) in [5.41, 5.74) is -0.460. The van der Waals surface area contributed by atoms with Gasteiger partial charge in [-0.2, -0.15) is 9.65 Å². The lowest BCUT2D eigenvalue weighted by Crippen LogP contribution is -2.37. The van der Waals surface area contributed by atoms with E-state index in [4.69, 9.17) is 5.26 Å². The highest BCUT2D eigenvalue weighted by atomic mass is 19.2. The topological polar surface area (TPSA) is 65.8 Å². The van der Waals surface area contributed by atoms with Crippen molar-refractivity contribution in [3.05, 3.63) is 29.6 Å². The minimum Gasteiger partial charge on any atom is -0.336 e. The van der Waals surface area contributed by atoms with E-state index >= 15 is 0 Å². The van der Waals surface area contributed by atoms with Crippen LogP contribution in [0.2, 0.25) is 0 Å². The lowest BCUT2D eigenvalue weighted by Gasteiger charge is -2.14. The molecule has 1 rings (SSSR count). The van der Waals surface area contributed by atoms with Crippen LogP contribution >= 0.6 is 0 Å². The summed E-state index contributed by atoms with van der Waals surface area (Å²) in [6, 6.07) is 2.18. The molecule has 0 fully saturated rings. The Hall–Kier alpha value is -2.03. The molecule has 1 heterocycles. The summed E-state index contributed by atoms with van der Waals surface area (Å²) >= 11 is 0. The average molecular weight is 239 g/mol. The Labute approximate surface area is 97.3 Å². The van der Waals surface area contributed by atoms with Crippen LogP contribution in [0.1, 0.15) is 24.2 Å². The molecule has 6 heteroatoms. The molecule has 0 aromatic carbocycles. The molecule has 1 unspecified atom stereocenters. The molecule has 1 amide bonds. The zero-order chi connectivity index (χ0) is 13.0. The number of carbonyl (C=O) groups is 1. The van der Waals surface area contributed by atoms with E-state index in [-0.39, 0.29) is 5.92 Å². The number of nitriles is 1. The maximum absolute atomic E-state index is 13.2. The first-order chi connectivity index (χ1) is 7.97. The lowest BCUT2D eigenvalue weighted by atomic mass is 10.1. The minimum atomic E-state index is -1.34. The molecule has 1 N–H and O–H groups in total. The SMILES string of the molecule is CC(C)C(C#N)NC(=O)c1ccnc(F)c1F. The fourth-order valence-electron chi connectivity index (χ4n) is 1.16. The molecular weight excluding hydrogens is 228 g/mol. The number of pyridine rings is 1. The van der Waals surface area contributed by atoms with Gasteiger partial charge in [0.15, 0.2) is 5.82 Å². The van der Waals surface area contributed by atoms with E-state index in [1.807, 2.05) is 6.07 Å². The molecule has 0 spiro atoms. The van der Waals surface area contributed by atoms with Crippen LogP contribution in [0.5, 0.6) is 0 Å². The van der Waals surface area contributed by atoms with Crippen LogP contribution in [0.15, 0.2) is 12.3 Å². The predicted octanol–water partition coefficient (Wildman–Crippen LogP) is 1.64. The maximum atomic E-state index is 13.2.